The van der Waals surface area contributed by atoms with Gasteiger partial charge in [-0.25, -0.2) is 9.78 Å². The van der Waals surface area contributed by atoms with Gasteiger partial charge in [-0.2, -0.15) is 0 Å². The summed E-state index contributed by atoms with van der Waals surface area (Å²) in [5.41, 5.74) is 8.99. The lowest BCUT2D eigenvalue weighted by Crippen LogP contribution is -2.33. The monoisotopic (exact) mass is 280 g/mol. The van der Waals surface area contributed by atoms with E-state index in [1.54, 1.807) is 19.4 Å². The number of ether oxygens (including phenoxy) is 1. The van der Waals surface area contributed by atoms with Gasteiger partial charge in [0.1, 0.15) is 6.04 Å². The summed E-state index contributed by atoms with van der Waals surface area (Å²) < 4.78 is 6.98. The van der Waals surface area contributed by atoms with E-state index >= 15 is 0 Å². The average molecular weight is 280 g/mol. The van der Waals surface area contributed by atoms with Crippen molar-refractivity contribution in [3.63, 3.8) is 0 Å². The van der Waals surface area contributed by atoms with Crippen LogP contribution in [0.15, 0.2) is 17.6 Å². The first-order valence-corrected chi connectivity index (χ1v) is 6.54. The molecular weight excluding hydrogens is 260 g/mol. The highest BCUT2D eigenvalue weighted by molar-refractivity contribution is 5.77. The lowest BCUT2D eigenvalue weighted by molar-refractivity contribution is -0.146. The molecule has 20 heavy (non-hydrogen) atoms. The molecule has 1 rings (SSSR count). The Bertz CT molecular complexity index is 478. The van der Waals surface area contributed by atoms with E-state index in [0.717, 1.165) is 5.69 Å². The molecule has 0 saturated carbocycles. The van der Waals surface area contributed by atoms with Crippen LogP contribution in [0.2, 0.25) is 0 Å². The summed E-state index contributed by atoms with van der Waals surface area (Å²) >= 11 is 0. The van der Waals surface area contributed by atoms with E-state index < -0.39 is 6.04 Å². The van der Waals surface area contributed by atoms with Gasteiger partial charge in [0, 0.05) is 24.0 Å². The summed E-state index contributed by atoms with van der Waals surface area (Å²) in [6.45, 7) is 6.73. The summed E-state index contributed by atoms with van der Waals surface area (Å²) in [5.74, 6) is -0.365. The van der Waals surface area contributed by atoms with Crippen LogP contribution in [0.3, 0.4) is 0 Å². The predicted octanol–water partition coefficient (Wildman–Crippen LogP) is 1.97. The van der Waals surface area contributed by atoms with Gasteiger partial charge in [-0.1, -0.05) is 5.11 Å². The Kier molecular flexibility index (Phi) is 6.55. The number of hydrogen-bond donors (Lipinski definition) is 1. The molecule has 0 aromatic carbocycles. The number of carbonyl (C=O) groups is 1. The highest BCUT2D eigenvalue weighted by Gasteiger charge is 2.25. The summed E-state index contributed by atoms with van der Waals surface area (Å²) in [6, 6.07) is -0.433. The van der Waals surface area contributed by atoms with Gasteiger partial charge in [0.25, 0.3) is 0 Å². The molecule has 0 amide bonds. The smallest absolute Gasteiger partial charge is 0.329 e. The first kappa shape index (κ1) is 16.0. The van der Waals surface area contributed by atoms with Gasteiger partial charge in [-0.15, -0.1) is 0 Å². The molecule has 8 nitrogen and oxygen atoms in total. The second kappa shape index (κ2) is 8.19. The molecule has 0 spiro atoms. The van der Waals surface area contributed by atoms with E-state index in [1.807, 2.05) is 18.4 Å². The van der Waals surface area contributed by atoms with E-state index in [2.05, 4.69) is 20.3 Å². The van der Waals surface area contributed by atoms with Gasteiger partial charge in [-0.3, -0.25) is 5.32 Å². The molecule has 0 aliphatic rings. The molecule has 1 aromatic rings. The molecule has 0 radical (unpaired) electrons. The zero-order valence-electron chi connectivity index (χ0n) is 12.0. The van der Waals surface area contributed by atoms with Crippen molar-refractivity contribution in [2.75, 3.05) is 19.7 Å². The number of esters is 1. The standard InChI is InChI=1S/C12H20N6O2/c1-4-20-12(19)11(15-5-6-16-17-13)10-7-14-8-18(10)9(2)3/h7-9,11,15H,4-6H2,1-3H3. The van der Waals surface area contributed by atoms with Crippen molar-refractivity contribution >= 4 is 5.97 Å². The van der Waals surface area contributed by atoms with Crippen molar-refractivity contribution in [1.82, 2.24) is 14.9 Å². The van der Waals surface area contributed by atoms with Crippen LogP contribution < -0.4 is 5.32 Å². The van der Waals surface area contributed by atoms with Crippen LogP contribution in [0.5, 0.6) is 0 Å². The third-order valence-corrected chi connectivity index (χ3v) is 2.69. The Morgan fingerprint density at radius 1 is 1.65 bits per heavy atom. The van der Waals surface area contributed by atoms with Crippen molar-refractivity contribution in [3.05, 3.63) is 28.7 Å². The number of azide groups is 1. The van der Waals surface area contributed by atoms with Gasteiger partial charge in [0.15, 0.2) is 0 Å². The predicted molar refractivity (Wildman–Crippen MR) is 74.0 cm³/mol. The maximum atomic E-state index is 12.1. The third-order valence-electron chi connectivity index (χ3n) is 2.69. The molecule has 1 heterocycles. The second-order valence-electron chi connectivity index (χ2n) is 4.41. The fraction of sp³-hybridized carbons (Fsp3) is 0.667. The molecule has 1 atom stereocenters. The molecule has 1 N–H and O–H groups in total. The fourth-order valence-corrected chi connectivity index (χ4v) is 1.81. The number of carbonyl (C=O) groups excluding carboxylic acids is 1. The van der Waals surface area contributed by atoms with Crippen molar-refractivity contribution in [1.29, 1.82) is 0 Å². The summed E-state index contributed by atoms with van der Waals surface area (Å²) in [4.78, 5) is 18.8. The Labute approximate surface area is 117 Å². The van der Waals surface area contributed by atoms with Crippen LogP contribution >= 0.6 is 0 Å². The zero-order chi connectivity index (χ0) is 15.0. The Morgan fingerprint density at radius 2 is 2.40 bits per heavy atom. The van der Waals surface area contributed by atoms with Crippen molar-refractivity contribution < 1.29 is 9.53 Å². The number of imidazole rings is 1. The largest absolute Gasteiger partial charge is 0.465 e. The van der Waals surface area contributed by atoms with Gasteiger partial charge >= 0.3 is 5.97 Å². The summed E-state index contributed by atoms with van der Waals surface area (Å²) in [6.07, 6.45) is 3.32. The van der Waals surface area contributed by atoms with Crippen LogP contribution in [-0.2, 0) is 9.53 Å². The molecule has 0 aliphatic heterocycles. The zero-order valence-corrected chi connectivity index (χ0v) is 12.0. The van der Waals surface area contributed by atoms with E-state index in [9.17, 15) is 4.79 Å². The number of nitrogens with one attached hydrogen (secondary N) is 1. The van der Waals surface area contributed by atoms with Crippen molar-refractivity contribution in [2.24, 2.45) is 5.11 Å². The van der Waals surface area contributed by atoms with Crippen LogP contribution in [0.1, 0.15) is 38.5 Å². The summed E-state index contributed by atoms with van der Waals surface area (Å²) in [5, 5.41) is 6.47. The minimum atomic E-state index is -0.617. The maximum Gasteiger partial charge on any atom is 0.329 e. The number of aromatic nitrogens is 2. The maximum absolute atomic E-state index is 12.1. The highest BCUT2D eigenvalue weighted by atomic mass is 16.5. The molecular formula is C12H20N6O2. The van der Waals surface area contributed by atoms with Crippen LogP contribution in [0.4, 0.5) is 0 Å². The Morgan fingerprint density at radius 3 is 3.00 bits per heavy atom. The molecule has 0 aliphatic carbocycles. The van der Waals surface area contributed by atoms with Crippen molar-refractivity contribution in [3.8, 4) is 0 Å². The topological polar surface area (TPSA) is 105 Å². The number of hydrogen-bond acceptors (Lipinski definition) is 5. The van der Waals surface area contributed by atoms with Crippen molar-refractivity contribution in [2.45, 2.75) is 32.9 Å². The van der Waals surface area contributed by atoms with Gasteiger partial charge in [0.05, 0.1) is 24.8 Å². The molecule has 0 fully saturated rings. The lowest BCUT2D eigenvalue weighted by Gasteiger charge is -2.20. The number of rotatable bonds is 8. The van der Waals surface area contributed by atoms with E-state index in [0.29, 0.717) is 13.2 Å². The van der Waals surface area contributed by atoms with Gasteiger partial charge in [0.2, 0.25) is 0 Å². The average Bonchev–Trinajstić information content (AvgIpc) is 2.88. The van der Waals surface area contributed by atoms with E-state index in [4.69, 9.17) is 10.3 Å². The minimum Gasteiger partial charge on any atom is -0.465 e. The van der Waals surface area contributed by atoms with E-state index in [1.165, 1.54) is 0 Å². The highest BCUT2D eigenvalue weighted by Crippen LogP contribution is 2.18. The molecule has 8 heteroatoms. The third kappa shape index (κ3) is 4.25. The van der Waals surface area contributed by atoms with Gasteiger partial charge < -0.3 is 9.30 Å². The van der Waals surface area contributed by atoms with Crippen LogP contribution in [0, 0.1) is 0 Å². The van der Waals surface area contributed by atoms with E-state index in [-0.39, 0.29) is 18.6 Å². The quantitative estimate of drug-likeness (QED) is 0.258. The van der Waals surface area contributed by atoms with Crippen LogP contribution in [-0.4, -0.2) is 35.2 Å². The van der Waals surface area contributed by atoms with Gasteiger partial charge in [-0.05, 0) is 26.3 Å². The molecule has 0 bridgehead atoms. The van der Waals surface area contributed by atoms with Crippen LogP contribution in [0.25, 0.3) is 10.4 Å². The Hall–Kier alpha value is -2.05. The first-order valence-electron chi connectivity index (χ1n) is 6.54. The minimum absolute atomic E-state index is 0.184. The summed E-state index contributed by atoms with van der Waals surface area (Å²) in [7, 11) is 0. The SMILES string of the molecule is CCOC(=O)C(NCCN=[N+]=[N-])c1cncn1C(C)C. The Balaban J connectivity index is 2.88. The molecule has 110 valence electrons. The number of nitrogens with zero attached hydrogens (tertiary/aromatic N) is 5. The lowest BCUT2D eigenvalue weighted by atomic mass is 10.2. The molecule has 0 saturated heterocycles. The normalized spacial score (nSPS) is 12.0. The fourth-order valence-electron chi connectivity index (χ4n) is 1.81. The molecule has 1 aromatic heterocycles. The molecule has 1 unspecified atom stereocenters. The first-order chi connectivity index (χ1) is 9.61. The second-order valence-corrected chi connectivity index (χ2v) is 4.41.